The van der Waals surface area contributed by atoms with Gasteiger partial charge in [0.1, 0.15) is 12.4 Å². The molecule has 0 aliphatic carbocycles. The van der Waals surface area contributed by atoms with Crippen molar-refractivity contribution in [2.45, 2.75) is 23.8 Å². The molecule has 5 nitrogen and oxygen atoms in total. The molecule has 3 aromatic carbocycles. The van der Waals surface area contributed by atoms with Gasteiger partial charge in [-0.3, -0.25) is 9.10 Å². The van der Waals surface area contributed by atoms with Crippen LogP contribution in [0.15, 0.2) is 83.8 Å². The van der Waals surface area contributed by atoms with Crippen molar-refractivity contribution in [3.05, 3.63) is 95.3 Å². The Kier molecular flexibility index (Phi) is 6.48. The molecule has 1 saturated heterocycles. The summed E-state index contributed by atoms with van der Waals surface area (Å²) in [5.41, 5.74) is 1.33. The lowest BCUT2D eigenvalue weighted by atomic mass is 10.0. The molecule has 1 unspecified atom stereocenters. The van der Waals surface area contributed by atoms with E-state index in [4.69, 9.17) is 11.6 Å². The van der Waals surface area contributed by atoms with E-state index in [1.807, 2.05) is 30.3 Å². The molecule has 1 heterocycles. The average Bonchev–Trinajstić information content (AvgIpc) is 3.29. The molecule has 0 saturated carbocycles. The molecule has 32 heavy (non-hydrogen) atoms. The number of carbonyl (C=O) groups is 1. The molecule has 0 spiro atoms. The van der Waals surface area contributed by atoms with Gasteiger partial charge in [-0.1, -0.05) is 41.9 Å². The number of anilines is 1. The van der Waals surface area contributed by atoms with Crippen LogP contribution in [0.2, 0.25) is 5.02 Å². The fourth-order valence-corrected chi connectivity index (χ4v) is 5.50. The zero-order valence-electron chi connectivity index (χ0n) is 17.2. The zero-order valence-corrected chi connectivity index (χ0v) is 18.8. The minimum Gasteiger partial charge on any atom is -0.334 e. The van der Waals surface area contributed by atoms with E-state index in [1.54, 1.807) is 29.2 Å². The Morgan fingerprint density at radius 2 is 1.66 bits per heavy atom. The quantitative estimate of drug-likeness (QED) is 0.505. The molecule has 1 amide bonds. The topological polar surface area (TPSA) is 57.7 Å². The first kappa shape index (κ1) is 22.3. The first-order chi connectivity index (χ1) is 15.4. The molecule has 166 valence electrons. The van der Waals surface area contributed by atoms with E-state index in [0.717, 1.165) is 34.8 Å². The lowest BCUT2D eigenvalue weighted by Gasteiger charge is -2.30. The molecule has 8 heteroatoms. The standard InChI is InChI=1S/C24H22ClFN2O3S/c25-19-8-12-21(13-9-19)28(32(30,31)22-14-10-20(26)11-15-22)17-24(29)27-16-4-7-23(27)18-5-2-1-3-6-18/h1-3,5-6,8-15,23H,4,7,16-17H2. The highest BCUT2D eigenvalue weighted by Gasteiger charge is 2.34. The predicted octanol–water partition coefficient (Wildman–Crippen LogP) is 5.04. The number of likely N-dealkylation sites (tertiary alicyclic amines) is 1. The molecule has 4 rings (SSSR count). The summed E-state index contributed by atoms with van der Waals surface area (Å²) in [7, 11) is -4.11. The van der Waals surface area contributed by atoms with E-state index in [-0.39, 0.29) is 23.4 Å². The van der Waals surface area contributed by atoms with Gasteiger partial charge in [-0.05, 0) is 66.9 Å². The van der Waals surface area contributed by atoms with Crippen molar-refractivity contribution in [3.8, 4) is 0 Å². The van der Waals surface area contributed by atoms with Gasteiger partial charge in [-0.15, -0.1) is 0 Å². The maximum absolute atomic E-state index is 13.4. The van der Waals surface area contributed by atoms with Crippen molar-refractivity contribution in [1.29, 1.82) is 0 Å². The first-order valence-corrected chi connectivity index (χ1v) is 12.1. The van der Waals surface area contributed by atoms with Gasteiger partial charge >= 0.3 is 0 Å². The summed E-state index contributed by atoms with van der Waals surface area (Å²) in [6.07, 6.45) is 1.67. The lowest BCUT2D eigenvalue weighted by molar-refractivity contribution is -0.130. The van der Waals surface area contributed by atoms with Crippen LogP contribution >= 0.6 is 11.6 Å². The molecule has 3 aromatic rings. The number of benzene rings is 3. The minimum absolute atomic E-state index is 0.0932. The van der Waals surface area contributed by atoms with E-state index in [1.165, 1.54) is 12.1 Å². The largest absolute Gasteiger partial charge is 0.334 e. The van der Waals surface area contributed by atoms with E-state index in [9.17, 15) is 17.6 Å². The number of amides is 1. The highest BCUT2D eigenvalue weighted by Crippen LogP contribution is 2.33. The summed E-state index contributed by atoms with van der Waals surface area (Å²) in [4.78, 5) is 15.0. The fraction of sp³-hybridized carbons (Fsp3) is 0.208. The zero-order chi connectivity index (χ0) is 22.7. The van der Waals surface area contributed by atoms with Crippen LogP contribution in [0.1, 0.15) is 24.4 Å². The summed E-state index contributed by atoms with van der Waals surface area (Å²) in [5.74, 6) is -0.835. The molecule has 0 bridgehead atoms. The molecular formula is C24H22ClFN2O3S. The molecule has 1 atom stereocenters. The monoisotopic (exact) mass is 472 g/mol. The third-order valence-electron chi connectivity index (χ3n) is 5.55. The van der Waals surface area contributed by atoms with Crippen LogP contribution in [0.3, 0.4) is 0 Å². The Balaban J connectivity index is 1.67. The Labute approximate surface area is 192 Å². The summed E-state index contributed by atoms with van der Waals surface area (Å²) < 4.78 is 41.3. The second-order valence-corrected chi connectivity index (χ2v) is 9.90. The average molecular weight is 473 g/mol. The number of nitrogens with zero attached hydrogens (tertiary/aromatic N) is 2. The summed E-state index contributed by atoms with van der Waals surface area (Å²) in [5, 5.41) is 0.447. The molecule has 1 aliphatic rings. The molecule has 0 N–H and O–H groups in total. The van der Waals surface area contributed by atoms with Crippen LogP contribution in [-0.4, -0.2) is 32.3 Å². The van der Waals surface area contributed by atoms with Crippen molar-refractivity contribution in [1.82, 2.24) is 4.90 Å². The van der Waals surface area contributed by atoms with E-state index >= 15 is 0 Å². The maximum atomic E-state index is 13.4. The van der Waals surface area contributed by atoms with Crippen molar-refractivity contribution < 1.29 is 17.6 Å². The summed E-state index contributed by atoms with van der Waals surface area (Å²) >= 11 is 5.98. The van der Waals surface area contributed by atoms with Gasteiger partial charge in [0.05, 0.1) is 16.6 Å². The summed E-state index contributed by atoms with van der Waals surface area (Å²) in [6.45, 7) is 0.189. The fourth-order valence-electron chi connectivity index (χ4n) is 3.96. The Hall–Kier alpha value is -2.90. The second-order valence-electron chi connectivity index (χ2n) is 7.60. The molecule has 1 aliphatic heterocycles. The third-order valence-corrected chi connectivity index (χ3v) is 7.59. The SMILES string of the molecule is O=C(CN(c1ccc(Cl)cc1)S(=O)(=O)c1ccc(F)cc1)N1CCCC1c1ccccc1. The van der Waals surface area contributed by atoms with Gasteiger partial charge in [-0.25, -0.2) is 12.8 Å². The van der Waals surface area contributed by atoms with Crippen LogP contribution in [0.4, 0.5) is 10.1 Å². The first-order valence-electron chi connectivity index (χ1n) is 10.2. The normalized spacial score (nSPS) is 16.2. The molecule has 1 fully saturated rings. The van der Waals surface area contributed by atoms with Crippen LogP contribution in [0.25, 0.3) is 0 Å². The van der Waals surface area contributed by atoms with Gasteiger partial charge in [0, 0.05) is 11.6 Å². The number of hydrogen-bond donors (Lipinski definition) is 0. The lowest BCUT2D eigenvalue weighted by Crippen LogP contribution is -2.42. The van der Waals surface area contributed by atoms with Crippen LogP contribution in [0.5, 0.6) is 0 Å². The molecule has 0 radical (unpaired) electrons. The van der Waals surface area contributed by atoms with Gasteiger partial charge < -0.3 is 4.90 Å². The van der Waals surface area contributed by atoms with Gasteiger partial charge in [0.25, 0.3) is 10.0 Å². The van der Waals surface area contributed by atoms with Crippen molar-refractivity contribution in [3.63, 3.8) is 0 Å². The molecular weight excluding hydrogens is 451 g/mol. The van der Waals surface area contributed by atoms with Gasteiger partial charge in [-0.2, -0.15) is 0 Å². The summed E-state index contributed by atoms with van der Waals surface area (Å²) in [6, 6.07) is 20.4. The predicted molar refractivity (Wildman–Crippen MR) is 123 cm³/mol. The number of hydrogen-bond acceptors (Lipinski definition) is 3. The van der Waals surface area contributed by atoms with Crippen LogP contribution in [0, 0.1) is 5.82 Å². The third kappa shape index (κ3) is 4.64. The van der Waals surface area contributed by atoms with Crippen LogP contribution < -0.4 is 4.31 Å². The second kappa shape index (κ2) is 9.30. The molecule has 0 aromatic heterocycles. The minimum atomic E-state index is -4.11. The van der Waals surface area contributed by atoms with Crippen molar-refractivity contribution >= 4 is 33.2 Å². The Morgan fingerprint density at radius 1 is 1.00 bits per heavy atom. The number of halogens is 2. The van der Waals surface area contributed by atoms with E-state index < -0.39 is 15.8 Å². The highest BCUT2D eigenvalue weighted by atomic mass is 35.5. The smallest absolute Gasteiger partial charge is 0.264 e. The number of carbonyl (C=O) groups excluding carboxylic acids is 1. The van der Waals surface area contributed by atoms with Gasteiger partial charge in [0.15, 0.2) is 0 Å². The van der Waals surface area contributed by atoms with Gasteiger partial charge in [0.2, 0.25) is 5.91 Å². The maximum Gasteiger partial charge on any atom is 0.264 e. The van der Waals surface area contributed by atoms with Crippen LogP contribution in [-0.2, 0) is 14.8 Å². The van der Waals surface area contributed by atoms with Crippen molar-refractivity contribution in [2.24, 2.45) is 0 Å². The van der Waals surface area contributed by atoms with E-state index in [2.05, 4.69) is 0 Å². The van der Waals surface area contributed by atoms with Crippen molar-refractivity contribution in [2.75, 3.05) is 17.4 Å². The number of rotatable bonds is 6. The Bertz CT molecular complexity index is 1190. The Morgan fingerprint density at radius 3 is 2.31 bits per heavy atom. The van der Waals surface area contributed by atoms with E-state index in [0.29, 0.717) is 17.3 Å². The number of sulfonamides is 1. The highest BCUT2D eigenvalue weighted by molar-refractivity contribution is 7.92.